The number of rotatable bonds is 8. The second-order valence-corrected chi connectivity index (χ2v) is 5.46. The third-order valence-electron chi connectivity index (χ3n) is 3.66. The number of carbonyl (C=O) groups is 1. The van der Waals surface area contributed by atoms with Gasteiger partial charge in [0, 0.05) is 12.0 Å². The number of aliphatic hydroxyl groups is 1. The molecule has 0 amide bonds. The Morgan fingerprint density at radius 2 is 1.91 bits per heavy atom. The molecule has 2 N–H and O–H groups in total. The standard InChI is InChI=1S/C19H22O4/c1-2-16(20)13-23-18-10-8-14(9-11-19(21)22)12-17(18)15-6-4-3-5-7-15/h3-8,10,12,16,20H,2,9,11,13H2,1H3,(H,21,22). The predicted octanol–water partition coefficient (Wildman–Crippen LogP) is 3.52. The van der Waals surface area contributed by atoms with E-state index in [2.05, 4.69) is 0 Å². The van der Waals surface area contributed by atoms with Crippen molar-refractivity contribution in [3.05, 3.63) is 54.1 Å². The molecule has 0 aromatic heterocycles. The first-order valence-corrected chi connectivity index (χ1v) is 7.81. The van der Waals surface area contributed by atoms with Gasteiger partial charge in [0.2, 0.25) is 0 Å². The SMILES string of the molecule is CCC(O)COc1ccc(CCC(=O)O)cc1-c1ccccc1. The van der Waals surface area contributed by atoms with E-state index in [1.54, 1.807) is 0 Å². The van der Waals surface area contributed by atoms with Crippen molar-refractivity contribution in [2.75, 3.05) is 6.61 Å². The molecule has 1 atom stereocenters. The molecule has 0 aliphatic carbocycles. The first-order chi connectivity index (χ1) is 11.1. The van der Waals surface area contributed by atoms with Crippen molar-refractivity contribution < 1.29 is 19.7 Å². The fourth-order valence-corrected chi connectivity index (χ4v) is 2.26. The molecule has 4 heteroatoms. The summed E-state index contributed by atoms with van der Waals surface area (Å²) in [4.78, 5) is 10.8. The van der Waals surface area contributed by atoms with Crippen LogP contribution in [0.15, 0.2) is 48.5 Å². The summed E-state index contributed by atoms with van der Waals surface area (Å²) in [6.45, 7) is 2.14. The molecule has 0 fully saturated rings. The maximum absolute atomic E-state index is 10.8. The topological polar surface area (TPSA) is 66.8 Å². The quantitative estimate of drug-likeness (QED) is 0.782. The molecule has 0 aliphatic heterocycles. The van der Waals surface area contributed by atoms with Crippen LogP contribution in [0.2, 0.25) is 0 Å². The summed E-state index contributed by atoms with van der Waals surface area (Å²) in [6.07, 6.45) is 0.721. The Morgan fingerprint density at radius 3 is 2.57 bits per heavy atom. The van der Waals surface area contributed by atoms with Crippen molar-refractivity contribution >= 4 is 5.97 Å². The number of aliphatic carboxylic acids is 1. The zero-order valence-corrected chi connectivity index (χ0v) is 13.2. The second kappa shape index (κ2) is 8.34. The Morgan fingerprint density at radius 1 is 1.17 bits per heavy atom. The summed E-state index contributed by atoms with van der Waals surface area (Å²) < 4.78 is 5.76. The van der Waals surface area contributed by atoms with Gasteiger partial charge in [-0.05, 0) is 36.1 Å². The third-order valence-corrected chi connectivity index (χ3v) is 3.66. The molecule has 1 unspecified atom stereocenters. The lowest BCUT2D eigenvalue weighted by atomic mass is 10.00. The number of carboxylic acid groups (broad SMARTS) is 1. The van der Waals surface area contributed by atoms with E-state index in [0.717, 1.165) is 16.7 Å². The molecule has 0 radical (unpaired) electrons. The minimum Gasteiger partial charge on any atom is -0.490 e. The Balaban J connectivity index is 2.27. The summed E-state index contributed by atoms with van der Waals surface area (Å²) in [5.74, 6) is -0.111. The second-order valence-electron chi connectivity index (χ2n) is 5.46. The Hall–Kier alpha value is -2.33. The highest BCUT2D eigenvalue weighted by atomic mass is 16.5. The Bertz CT molecular complexity index is 637. The van der Waals surface area contributed by atoms with Gasteiger partial charge in [-0.2, -0.15) is 0 Å². The lowest BCUT2D eigenvalue weighted by molar-refractivity contribution is -0.136. The van der Waals surface area contributed by atoms with Crippen molar-refractivity contribution in [3.63, 3.8) is 0 Å². The average Bonchev–Trinajstić information content (AvgIpc) is 2.58. The number of carboxylic acids is 1. The van der Waals surface area contributed by atoms with Gasteiger partial charge in [-0.15, -0.1) is 0 Å². The number of aliphatic hydroxyl groups excluding tert-OH is 1. The van der Waals surface area contributed by atoms with Crippen LogP contribution < -0.4 is 4.74 Å². The fraction of sp³-hybridized carbons (Fsp3) is 0.316. The van der Waals surface area contributed by atoms with Crippen LogP contribution in [0.5, 0.6) is 5.75 Å². The molecule has 0 aliphatic rings. The van der Waals surface area contributed by atoms with Crippen LogP contribution in [0.1, 0.15) is 25.3 Å². The molecule has 122 valence electrons. The number of benzene rings is 2. The first-order valence-electron chi connectivity index (χ1n) is 7.81. The lowest BCUT2D eigenvalue weighted by Crippen LogP contribution is -2.16. The van der Waals surface area contributed by atoms with Crippen molar-refractivity contribution in [2.24, 2.45) is 0 Å². The van der Waals surface area contributed by atoms with Gasteiger partial charge < -0.3 is 14.9 Å². The largest absolute Gasteiger partial charge is 0.490 e. The highest BCUT2D eigenvalue weighted by Gasteiger charge is 2.10. The van der Waals surface area contributed by atoms with Gasteiger partial charge in [0.15, 0.2) is 0 Å². The molecule has 0 heterocycles. The minimum atomic E-state index is -0.808. The lowest BCUT2D eigenvalue weighted by Gasteiger charge is -2.15. The maximum atomic E-state index is 10.8. The molecular formula is C19H22O4. The van der Waals surface area contributed by atoms with Crippen molar-refractivity contribution in [1.82, 2.24) is 0 Å². The highest BCUT2D eigenvalue weighted by molar-refractivity contribution is 5.72. The van der Waals surface area contributed by atoms with Crippen molar-refractivity contribution in [2.45, 2.75) is 32.3 Å². The molecule has 23 heavy (non-hydrogen) atoms. The van der Waals surface area contributed by atoms with Crippen LogP contribution in [0, 0.1) is 0 Å². The van der Waals surface area contributed by atoms with Gasteiger partial charge in [0.05, 0.1) is 6.10 Å². The maximum Gasteiger partial charge on any atom is 0.303 e. The summed E-state index contributed by atoms with van der Waals surface area (Å²) in [5.41, 5.74) is 2.87. The zero-order chi connectivity index (χ0) is 16.7. The van der Waals surface area contributed by atoms with E-state index in [1.807, 2.05) is 55.5 Å². The van der Waals surface area contributed by atoms with E-state index in [9.17, 15) is 9.90 Å². The molecular weight excluding hydrogens is 292 g/mol. The minimum absolute atomic E-state index is 0.100. The van der Waals surface area contributed by atoms with Crippen LogP contribution in [0.4, 0.5) is 0 Å². The average molecular weight is 314 g/mol. The van der Waals surface area contributed by atoms with Crippen LogP contribution >= 0.6 is 0 Å². The van der Waals surface area contributed by atoms with Crippen LogP contribution in [-0.4, -0.2) is 28.9 Å². The predicted molar refractivity (Wildman–Crippen MR) is 89.6 cm³/mol. The normalized spacial score (nSPS) is 11.9. The Labute approximate surface area is 136 Å². The Kier molecular flexibility index (Phi) is 6.18. The number of hydrogen-bond donors (Lipinski definition) is 2. The number of aryl methyl sites for hydroxylation is 1. The molecule has 0 saturated carbocycles. The van der Waals surface area contributed by atoms with Crippen LogP contribution in [0.25, 0.3) is 11.1 Å². The molecule has 2 aromatic carbocycles. The van der Waals surface area contributed by atoms with E-state index < -0.39 is 12.1 Å². The molecule has 0 bridgehead atoms. The van der Waals surface area contributed by atoms with E-state index in [-0.39, 0.29) is 13.0 Å². The molecule has 2 rings (SSSR count). The van der Waals surface area contributed by atoms with Crippen LogP contribution in [0.3, 0.4) is 0 Å². The first kappa shape index (κ1) is 17.0. The summed E-state index contributed by atoms with van der Waals surface area (Å²) >= 11 is 0. The van der Waals surface area contributed by atoms with Crippen molar-refractivity contribution in [1.29, 1.82) is 0 Å². The zero-order valence-electron chi connectivity index (χ0n) is 13.2. The third kappa shape index (κ3) is 5.11. The summed E-state index contributed by atoms with van der Waals surface area (Å²) in [6, 6.07) is 15.5. The van der Waals surface area contributed by atoms with E-state index in [4.69, 9.17) is 9.84 Å². The van der Waals surface area contributed by atoms with E-state index in [0.29, 0.717) is 18.6 Å². The van der Waals surface area contributed by atoms with Gasteiger partial charge in [0.1, 0.15) is 12.4 Å². The smallest absolute Gasteiger partial charge is 0.303 e. The van der Waals surface area contributed by atoms with Gasteiger partial charge in [0.25, 0.3) is 0 Å². The summed E-state index contributed by atoms with van der Waals surface area (Å²) in [5, 5.41) is 18.5. The van der Waals surface area contributed by atoms with Crippen molar-refractivity contribution in [3.8, 4) is 16.9 Å². The molecule has 0 spiro atoms. The molecule has 0 saturated heterocycles. The molecule has 4 nitrogen and oxygen atoms in total. The van der Waals surface area contributed by atoms with E-state index in [1.165, 1.54) is 0 Å². The summed E-state index contributed by atoms with van der Waals surface area (Å²) in [7, 11) is 0. The fourth-order valence-electron chi connectivity index (χ4n) is 2.26. The number of ether oxygens (including phenoxy) is 1. The van der Waals surface area contributed by atoms with E-state index >= 15 is 0 Å². The van der Waals surface area contributed by atoms with Gasteiger partial charge in [-0.1, -0.05) is 43.3 Å². The van der Waals surface area contributed by atoms with Gasteiger partial charge in [-0.25, -0.2) is 0 Å². The molecule has 2 aromatic rings. The van der Waals surface area contributed by atoms with Gasteiger partial charge >= 0.3 is 5.97 Å². The monoisotopic (exact) mass is 314 g/mol. The van der Waals surface area contributed by atoms with Gasteiger partial charge in [-0.3, -0.25) is 4.79 Å². The van der Waals surface area contributed by atoms with Crippen LogP contribution in [-0.2, 0) is 11.2 Å². The number of hydrogen-bond acceptors (Lipinski definition) is 3. The highest BCUT2D eigenvalue weighted by Crippen LogP contribution is 2.31.